The number of hydrogen-bond donors (Lipinski definition) is 2. The first-order chi connectivity index (χ1) is 14.9. The second kappa shape index (κ2) is 7.48. The van der Waals surface area contributed by atoms with Crippen LogP contribution < -0.4 is 5.32 Å². The van der Waals surface area contributed by atoms with Crippen LogP contribution in [0.15, 0.2) is 48.5 Å². The van der Waals surface area contributed by atoms with E-state index in [2.05, 4.69) is 5.32 Å². The molecule has 0 saturated carbocycles. The average molecular weight is 449 g/mol. The second-order valence-electron chi connectivity index (χ2n) is 7.55. The molecule has 0 atom stereocenters. The van der Waals surface area contributed by atoms with Crippen LogP contribution in [0.2, 0.25) is 5.02 Å². The third-order valence-electron chi connectivity index (χ3n) is 5.51. The molecule has 5 nitrogen and oxygen atoms in total. The molecule has 4 aromatic rings. The summed E-state index contributed by atoms with van der Waals surface area (Å²) in [7, 11) is 0. The van der Waals surface area contributed by atoms with Crippen LogP contribution in [-0.2, 0) is 17.8 Å². The lowest BCUT2D eigenvalue weighted by molar-refractivity contribution is -0.136. The molecule has 0 unspecified atom stereocenters. The molecule has 154 valence electrons. The van der Waals surface area contributed by atoms with E-state index in [-0.39, 0.29) is 12.3 Å². The lowest BCUT2D eigenvalue weighted by Crippen LogP contribution is -2.12. The van der Waals surface area contributed by atoms with Crippen LogP contribution in [0.5, 0.6) is 0 Å². The number of aliphatic carboxylic acids is 1. The highest BCUT2D eigenvalue weighted by Crippen LogP contribution is 2.41. The molecule has 0 fully saturated rings. The molecule has 3 aromatic carbocycles. The minimum Gasteiger partial charge on any atom is -0.481 e. The zero-order valence-electron chi connectivity index (χ0n) is 16.5. The van der Waals surface area contributed by atoms with Crippen molar-refractivity contribution in [2.75, 3.05) is 0 Å². The average Bonchev–Trinajstić information content (AvgIpc) is 3.32. The molecule has 1 amide bonds. The van der Waals surface area contributed by atoms with Gasteiger partial charge in [0, 0.05) is 28.3 Å². The number of carboxylic acids is 1. The molecular weight excluding hydrogens is 432 g/mol. The van der Waals surface area contributed by atoms with Gasteiger partial charge in [-0.15, -0.1) is 11.3 Å². The lowest BCUT2D eigenvalue weighted by atomic mass is 9.93. The third kappa shape index (κ3) is 3.48. The van der Waals surface area contributed by atoms with E-state index in [1.165, 1.54) is 11.3 Å². The molecule has 2 N–H and O–H groups in total. The fraction of sp³-hybridized carbons (Fsp3) is 0.125. The number of rotatable bonds is 4. The number of carbonyl (C=O) groups is 2. The third-order valence-corrected chi connectivity index (χ3v) is 6.90. The topological polar surface area (TPSA) is 79.3 Å². The Labute approximate surface area is 187 Å². The summed E-state index contributed by atoms with van der Waals surface area (Å²) in [6.07, 6.45) is -0.0698. The standard InChI is InChI=1S/C24H17ClN2O3S/c1-12-8-19-22(21(18(12)10-20(28)29)13-2-5-16(25)6-3-13)31-24(27-19)14-4-7-17-15(9-14)11-26-23(17)30/h2-9H,10-11H2,1H3,(H,26,30)(H,28,29). The van der Waals surface area contributed by atoms with E-state index in [0.29, 0.717) is 17.1 Å². The molecule has 5 rings (SSSR count). The van der Waals surface area contributed by atoms with Crippen LogP contribution >= 0.6 is 22.9 Å². The number of carboxylic acid groups (broad SMARTS) is 1. The van der Waals surface area contributed by atoms with Gasteiger partial charge < -0.3 is 10.4 Å². The number of nitrogens with zero attached hydrogens (tertiary/aromatic N) is 1. The summed E-state index contributed by atoms with van der Waals surface area (Å²) in [5.74, 6) is -0.928. The van der Waals surface area contributed by atoms with Gasteiger partial charge in [0.2, 0.25) is 0 Å². The molecule has 0 aliphatic carbocycles. The highest BCUT2D eigenvalue weighted by atomic mass is 35.5. The molecule has 0 bridgehead atoms. The Hall–Kier alpha value is -3.22. The van der Waals surface area contributed by atoms with Crippen LogP contribution in [0.1, 0.15) is 27.0 Å². The van der Waals surface area contributed by atoms with E-state index >= 15 is 0 Å². The fourth-order valence-corrected chi connectivity index (χ4v) is 5.29. The predicted molar refractivity (Wildman–Crippen MR) is 123 cm³/mol. The van der Waals surface area contributed by atoms with Crippen LogP contribution in [0.25, 0.3) is 31.9 Å². The molecule has 0 radical (unpaired) electrons. The number of benzene rings is 3. The summed E-state index contributed by atoms with van der Waals surface area (Å²) >= 11 is 7.61. The molecule has 1 aliphatic rings. The van der Waals surface area contributed by atoms with E-state index in [1.54, 1.807) is 0 Å². The van der Waals surface area contributed by atoms with Crippen molar-refractivity contribution in [3.63, 3.8) is 0 Å². The maximum absolute atomic E-state index is 11.9. The Morgan fingerprint density at radius 2 is 1.90 bits per heavy atom. The van der Waals surface area contributed by atoms with Gasteiger partial charge in [0.05, 0.1) is 16.6 Å². The van der Waals surface area contributed by atoms with Crippen molar-refractivity contribution in [3.05, 3.63) is 75.8 Å². The SMILES string of the molecule is Cc1cc2nc(-c3ccc4c(c3)CNC4=O)sc2c(-c2ccc(Cl)cc2)c1CC(=O)O. The minimum atomic E-state index is -0.877. The highest BCUT2D eigenvalue weighted by molar-refractivity contribution is 7.22. The van der Waals surface area contributed by atoms with Gasteiger partial charge in [-0.2, -0.15) is 0 Å². The van der Waals surface area contributed by atoms with E-state index in [9.17, 15) is 14.7 Å². The lowest BCUT2D eigenvalue weighted by Gasteiger charge is -2.13. The van der Waals surface area contributed by atoms with E-state index in [1.807, 2.05) is 55.5 Å². The number of aromatic nitrogens is 1. The van der Waals surface area contributed by atoms with E-state index in [0.717, 1.165) is 48.6 Å². The molecular formula is C24H17ClN2O3S. The van der Waals surface area contributed by atoms with Gasteiger partial charge in [-0.05, 0) is 59.5 Å². The molecule has 2 heterocycles. The molecule has 0 saturated heterocycles. The van der Waals surface area contributed by atoms with Crippen LogP contribution in [0.3, 0.4) is 0 Å². The molecule has 7 heteroatoms. The van der Waals surface area contributed by atoms with Crippen molar-refractivity contribution in [1.82, 2.24) is 10.3 Å². The first-order valence-corrected chi connectivity index (χ1v) is 10.9. The second-order valence-corrected chi connectivity index (χ2v) is 8.98. The van der Waals surface area contributed by atoms with E-state index < -0.39 is 5.97 Å². The largest absolute Gasteiger partial charge is 0.481 e. The maximum atomic E-state index is 11.9. The molecule has 1 aromatic heterocycles. The van der Waals surface area contributed by atoms with Crippen molar-refractivity contribution in [2.24, 2.45) is 0 Å². The minimum absolute atomic E-state index is 0.0511. The number of hydrogen-bond acceptors (Lipinski definition) is 4. The fourth-order valence-electron chi connectivity index (χ4n) is 4.02. The van der Waals surface area contributed by atoms with Crippen LogP contribution in [-0.4, -0.2) is 22.0 Å². The Balaban J connectivity index is 1.73. The smallest absolute Gasteiger partial charge is 0.307 e. The summed E-state index contributed by atoms with van der Waals surface area (Å²) in [6.45, 7) is 2.44. The van der Waals surface area contributed by atoms with Crippen molar-refractivity contribution < 1.29 is 14.7 Å². The van der Waals surface area contributed by atoms with Crippen LogP contribution in [0, 0.1) is 6.92 Å². The van der Waals surface area contributed by atoms with Crippen molar-refractivity contribution >= 4 is 45.0 Å². The first-order valence-electron chi connectivity index (χ1n) is 9.73. The van der Waals surface area contributed by atoms with Gasteiger partial charge in [-0.1, -0.05) is 29.8 Å². The summed E-state index contributed by atoms with van der Waals surface area (Å²) in [4.78, 5) is 28.3. The van der Waals surface area contributed by atoms with Gasteiger partial charge in [0.25, 0.3) is 5.91 Å². The number of amides is 1. The zero-order chi connectivity index (χ0) is 21.7. The summed E-state index contributed by atoms with van der Waals surface area (Å²) in [5, 5.41) is 13.8. The Morgan fingerprint density at radius 1 is 1.16 bits per heavy atom. The zero-order valence-corrected chi connectivity index (χ0v) is 18.1. The van der Waals surface area contributed by atoms with Crippen molar-refractivity contribution in [3.8, 4) is 21.7 Å². The predicted octanol–water partition coefficient (Wildman–Crippen LogP) is 5.46. The molecule has 0 spiro atoms. The summed E-state index contributed by atoms with van der Waals surface area (Å²) in [5.41, 5.74) is 6.89. The number of carbonyl (C=O) groups excluding carboxylic acids is 1. The molecule has 1 aliphatic heterocycles. The monoisotopic (exact) mass is 448 g/mol. The Bertz CT molecular complexity index is 1380. The highest BCUT2D eigenvalue weighted by Gasteiger charge is 2.22. The van der Waals surface area contributed by atoms with Crippen molar-refractivity contribution in [1.29, 1.82) is 0 Å². The van der Waals surface area contributed by atoms with Gasteiger partial charge in [0.15, 0.2) is 0 Å². The van der Waals surface area contributed by atoms with Crippen LogP contribution in [0.4, 0.5) is 0 Å². The van der Waals surface area contributed by atoms with Gasteiger partial charge in [-0.3, -0.25) is 9.59 Å². The molecule has 31 heavy (non-hydrogen) atoms. The Kier molecular flexibility index (Phi) is 4.76. The number of halogens is 1. The number of thiazole rings is 1. The quantitative estimate of drug-likeness (QED) is 0.434. The summed E-state index contributed by atoms with van der Waals surface area (Å²) in [6, 6.07) is 15.1. The van der Waals surface area contributed by atoms with Gasteiger partial charge >= 0.3 is 5.97 Å². The summed E-state index contributed by atoms with van der Waals surface area (Å²) < 4.78 is 0.939. The number of fused-ring (bicyclic) bond motifs is 2. The van der Waals surface area contributed by atoms with Gasteiger partial charge in [-0.25, -0.2) is 4.98 Å². The Morgan fingerprint density at radius 3 is 2.65 bits per heavy atom. The first kappa shape index (κ1) is 19.7. The van der Waals surface area contributed by atoms with Gasteiger partial charge in [0.1, 0.15) is 5.01 Å². The maximum Gasteiger partial charge on any atom is 0.307 e. The number of nitrogens with one attached hydrogen (secondary N) is 1. The normalized spacial score (nSPS) is 12.8. The number of aryl methyl sites for hydroxylation is 1. The van der Waals surface area contributed by atoms with E-state index in [4.69, 9.17) is 16.6 Å². The van der Waals surface area contributed by atoms with Crippen molar-refractivity contribution in [2.45, 2.75) is 19.9 Å².